The number of aromatic nitrogens is 4. The van der Waals surface area contributed by atoms with Crippen LogP contribution in [0.1, 0.15) is 30.4 Å². The summed E-state index contributed by atoms with van der Waals surface area (Å²) in [6.45, 7) is 4.78. The number of hydrogen-bond acceptors (Lipinski definition) is 6. The van der Waals surface area contributed by atoms with Crippen LogP contribution in [0.3, 0.4) is 0 Å². The molecule has 0 saturated carbocycles. The third-order valence-electron chi connectivity index (χ3n) is 5.02. The zero-order valence-electron chi connectivity index (χ0n) is 16.0. The van der Waals surface area contributed by atoms with Crippen LogP contribution in [0.25, 0.3) is 11.0 Å². The van der Waals surface area contributed by atoms with Crippen molar-refractivity contribution < 1.29 is 8.42 Å². The average molecular weight is 401 g/mol. The standard InChI is InChI=1S/C19H23N5O3S/c1-3-9-24-16-7-5-4-6-15(16)20-17(24)12-23-10-8-14-13(11-23)18(25)22-19(21-14)28(2,26)27/h4-7H,3,8-12H2,1-2H3,(H,21,22,25). The highest BCUT2D eigenvalue weighted by Crippen LogP contribution is 2.21. The van der Waals surface area contributed by atoms with Crippen LogP contribution < -0.4 is 5.56 Å². The van der Waals surface area contributed by atoms with Gasteiger partial charge in [0.25, 0.3) is 5.56 Å². The smallest absolute Gasteiger partial charge is 0.256 e. The molecule has 28 heavy (non-hydrogen) atoms. The molecule has 0 aliphatic carbocycles. The largest absolute Gasteiger partial charge is 0.327 e. The Morgan fingerprint density at radius 3 is 2.75 bits per heavy atom. The summed E-state index contributed by atoms with van der Waals surface area (Å²) in [5, 5.41) is -0.255. The van der Waals surface area contributed by atoms with Crippen LogP contribution in [0.15, 0.2) is 34.2 Å². The molecule has 2 aromatic heterocycles. The summed E-state index contributed by atoms with van der Waals surface area (Å²) in [5.41, 5.74) is 2.83. The molecule has 1 aliphatic heterocycles. The van der Waals surface area contributed by atoms with Gasteiger partial charge >= 0.3 is 0 Å². The Kier molecular flexibility index (Phi) is 4.80. The zero-order chi connectivity index (χ0) is 19.9. The van der Waals surface area contributed by atoms with Gasteiger partial charge in [-0.1, -0.05) is 19.1 Å². The van der Waals surface area contributed by atoms with Gasteiger partial charge in [-0.3, -0.25) is 14.7 Å². The van der Waals surface area contributed by atoms with Crippen molar-refractivity contribution in [2.45, 2.75) is 44.6 Å². The highest BCUT2D eigenvalue weighted by molar-refractivity contribution is 7.90. The lowest BCUT2D eigenvalue weighted by Gasteiger charge is -2.27. The number of H-pyrrole nitrogens is 1. The first-order chi connectivity index (χ1) is 13.4. The highest BCUT2D eigenvalue weighted by atomic mass is 32.2. The number of benzene rings is 1. The highest BCUT2D eigenvalue weighted by Gasteiger charge is 2.24. The molecule has 0 atom stereocenters. The SMILES string of the molecule is CCCn1c(CN2CCc3nc(S(C)(=O)=O)[nH]c(=O)c3C2)nc2ccccc21. The van der Waals surface area contributed by atoms with E-state index in [0.717, 1.165) is 36.1 Å². The number of rotatable bonds is 5. The summed E-state index contributed by atoms with van der Waals surface area (Å²) in [5.74, 6) is 0.976. The molecular weight excluding hydrogens is 378 g/mol. The maximum Gasteiger partial charge on any atom is 0.256 e. The van der Waals surface area contributed by atoms with Crippen molar-refractivity contribution in [3.63, 3.8) is 0 Å². The average Bonchev–Trinajstić information content (AvgIpc) is 2.99. The Hall–Kier alpha value is -2.52. The number of imidazole rings is 1. The molecule has 0 bridgehead atoms. The van der Waals surface area contributed by atoms with Gasteiger partial charge in [0, 0.05) is 32.3 Å². The number of sulfone groups is 1. The van der Waals surface area contributed by atoms with Crippen LogP contribution in [-0.4, -0.2) is 45.6 Å². The molecule has 0 fully saturated rings. The predicted octanol–water partition coefficient (Wildman–Crippen LogP) is 1.49. The Morgan fingerprint density at radius 1 is 1.21 bits per heavy atom. The van der Waals surface area contributed by atoms with Crippen LogP contribution in [0.5, 0.6) is 0 Å². The van der Waals surface area contributed by atoms with Gasteiger partial charge in [-0.2, -0.15) is 0 Å². The predicted molar refractivity (Wildman–Crippen MR) is 106 cm³/mol. The second-order valence-electron chi connectivity index (χ2n) is 7.20. The van der Waals surface area contributed by atoms with Crippen LogP contribution in [0.4, 0.5) is 0 Å². The number of hydrogen-bond donors (Lipinski definition) is 1. The van der Waals surface area contributed by atoms with Crippen LogP contribution in [0.2, 0.25) is 0 Å². The summed E-state index contributed by atoms with van der Waals surface area (Å²) in [6, 6.07) is 8.09. The summed E-state index contributed by atoms with van der Waals surface area (Å²) in [7, 11) is -3.54. The van der Waals surface area contributed by atoms with Gasteiger partial charge in [-0.05, 0) is 18.6 Å². The molecule has 3 aromatic rings. The molecule has 0 radical (unpaired) electrons. The minimum Gasteiger partial charge on any atom is -0.327 e. The second kappa shape index (κ2) is 7.14. The van der Waals surface area contributed by atoms with Gasteiger partial charge in [0.2, 0.25) is 15.0 Å². The first-order valence-electron chi connectivity index (χ1n) is 9.35. The Balaban J connectivity index is 1.63. The first kappa shape index (κ1) is 18.8. The van der Waals surface area contributed by atoms with Crippen LogP contribution in [0, 0.1) is 0 Å². The summed E-state index contributed by atoms with van der Waals surface area (Å²) < 4.78 is 25.6. The minimum absolute atomic E-state index is 0.255. The van der Waals surface area contributed by atoms with Gasteiger partial charge < -0.3 is 4.57 Å². The van der Waals surface area contributed by atoms with Crippen molar-refractivity contribution in [3.8, 4) is 0 Å². The first-order valence-corrected chi connectivity index (χ1v) is 11.2. The lowest BCUT2D eigenvalue weighted by atomic mass is 10.1. The molecule has 1 aliphatic rings. The molecular formula is C19H23N5O3S. The molecule has 1 aromatic carbocycles. The van der Waals surface area contributed by atoms with Gasteiger partial charge in [0.1, 0.15) is 5.82 Å². The summed E-state index contributed by atoms with van der Waals surface area (Å²) in [6.07, 6.45) is 2.59. The van der Waals surface area contributed by atoms with Crippen molar-refractivity contribution >= 4 is 20.9 Å². The molecule has 0 spiro atoms. The van der Waals surface area contributed by atoms with E-state index in [1.165, 1.54) is 0 Å². The van der Waals surface area contributed by atoms with Gasteiger partial charge in [0.05, 0.1) is 28.8 Å². The zero-order valence-corrected chi connectivity index (χ0v) is 16.8. The fourth-order valence-corrected chi connectivity index (χ4v) is 4.24. The lowest BCUT2D eigenvalue weighted by Crippen LogP contribution is -2.36. The monoisotopic (exact) mass is 401 g/mol. The second-order valence-corrected chi connectivity index (χ2v) is 9.13. The van der Waals surface area contributed by atoms with Gasteiger partial charge in [-0.15, -0.1) is 0 Å². The Morgan fingerprint density at radius 2 is 2.00 bits per heavy atom. The molecule has 0 unspecified atom stereocenters. The molecule has 4 rings (SSSR count). The number of nitrogens with one attached hydrogen (secondary N) is 1. The summed E-state index contributed by atoms with van der Waals surface area (Å²) in [4.78, 5) is 26.0. The fourth-order valence-electron chi connectivity index (χ4n) is 3.69. The number of aryl methyl sites for hydroxylation is 1. The van der Waals surface area contributed by atoms with E-state index in [9.17, 15) is 13.2 Å². The molecule has 9 heteroatoms. The molecule has 0 saturated heterocycles. The van der Waals surface area contributed by atoms with E-state index in [4.69, 9.17) is 4.98 Å². The molecule has 0 amide bonds. The maximum atomic E-state index is 12.4. The van der Waals surface area contributed by atoms with E-state index in [1.807, 2.05) is 18.2 Å². The van der Waals surface area contributed by atoms with E-state index in [1.54, 1.807) is 0 Å². The van der Waals surface area contributed by atoms with E-state index in [2.05, 4.69) is 32.4 Å². The number of para-hydroxylation sites is 2. The lowest BCUT2D eigenvalue weighted by molar-refractivity contribution is 0.232. The van der Waals surface area contributed by atoms with Crippen molar-refractivity contribution in [2.75, 3.05) is 12.8 Å². The Bertz CT molecular complexity index is 1200. The van der Waals surface area contributed by atoms with Crippen molar-refractivity contribution in [1.82, 2.24) is 24.4 Å². The minimum atomic E-state index is -3.54. The third kappa shape index (κ3) is 3.47. The van der Waals surface area contributed by atoms with Crippen LogP contribution >= 0.6 is 0 Å². The van der Waals surface area contributed by atoms with Gasteiger partial charge in [-0.25, -0.2) is 18.4 Å². The maximum absolute atomic E-state index is 12.4. The van der Waals surface area contributed by atoms with E-state index >= 15 is 0 Å². The van der Waals surface area contributed by atoms with Crippen molar-refractivity contribution in [2.24, 2.45) is 0 Å². The Labute approximate surface area is 163 Å². The number of fused-ring (bicyclic) bond motifs is 2. The summed E-state index contributed by atoms with van der Waals surface area (Å²) >= 11 is 0. The van der Waals surface area contributed by atoms with Crippen molar-refractivity contribution in [1.29, 1.82) is 0 Å². The number of nitrogens with zero attached hydrogens (tertiary/aromatic N) is 4. The molecule has 8 nitrogen and oxygen atoms in total. The van der Waals surface area contributed by atoms with E-state index in [-0.39, 0.29) is 10.7 Å². The normalized spacial score (nSPS) is 15.1. The number of aromatic amines is 1. The third-order valence-corrected chi connectivity index (χ3v) is 5.92. The van der Waals surface area contributed by atoms with E-state index < -0.39 is 9.84 Å². The van der Waals surface area contributed by atoms with Crippen molar-refractivity contribution in [3.05, 3.63) is 51.7 Å². The topological polar surface area (TPSA) is 101 Å². The van der Waals surface area contributed by atoms with Crippen LogP contribution in [-0.2, 0) is 35.9 Å². The molecule has 3 heterocycles. The molecule has 1 N–H and O–H groups in total. The fraction of sp³-hybridized carbons (Fsp3) is 0.421. The molecule has 148 valence electrons. The van der Waals surface area contributed by atoms with Gasteiger partial charge in [0.15, 0.2) is 0 Å². The van der Waals surface area contributed by atoms with E-state index in [0.29, 0.717) is 37.3 Å². The quantitative estimate of drug-likeness (QED) is 0.650.